The number of benzene rings is 1. The Labute approximate surface area is 127 Å². The Morgan fingerprint density at radius 2 is 1.86 bits per heavy atom. The van der Waals surface area contributed by atoms with Crippen LogP contribution in [0.15, 0.2) is 12.1 Å². The fraction of sp³-hybridized carbons (Fsp3) is 0.529. The standard InChI is InChI=1S/C17H25NO3/c1-5-7-8-9-21-17-15(19-3)11-13(10-14(18)6-2)12-16(17)20-4/h1,11-12,14H,6-10,18H2,2-4H3. The van der Waals surface area contributed by atoms with E-state index in [1.54, 1.807) is 14.2 Å². The van der Waals surface area contributed by atoms with Gasteiger partial charge in [-0.1, -0.05) is 6.92 Å². The second-order valence-corrected chi connectivity index (χ2v) is 4.86. The Morgan fingerprint density at radius 3 is 2.33 bits per heavy atom. The van der Waals surface area contributed by atoms with Crippen molar-refractivity contribution in [3.8, 4) is 29.6 Å². The Balaban J connectivity index is 2.93. The molecule has 0 bridgehead atoms. The Bertz CT molecular complexity index is 454. The lowest BCUT2D eigenvalue weighted by Crippen LogP contribution is -2.21. The quantitative estimate of drug-likeness (QED) is 0.561. The number of unbranched alkanes of at least 4 members (excludes halogenated alkanes) is 1. The first kappa shape index (κ1) is 17.2. The number of hydrogen-bond acceptors (Lipinski definition) is 4. The smallest absolute Gasteiger partial charge is 0.203 e. The molecule has 1 aromatic carbocycles. The summed E-state index contributed by atoms with van der Waals surface area (Å²) in [6.07, 6.45) is 8.42. The van der Waals surface area contributed by atoms with E-state index in [9.17, 15) is 0 Å². The number of ether oxygens (including phenoxy) is 3. The molecule has 0 saturated carbocycles. The number of terminal acetylenes is 1. The van der Waals surface area contributed by atoms with E-state index in [0.717, 1.165) is 24.8 Å². The van der Waals surface area contributed by atoms with Crippen LogP contribution in [0.2, 0.25) is 0 Å². The van der Waals surface area contributed by atoms with Gasteiger partial charge in [-0.25, -0.2) is 0 Å². The summed E-state index contributed by atoms with van der Waals surface area (Å²) >= 11 is 0. The molecule has 4 heteroatoms. The van der Waals surface area contributed by atoms with Crippen LogP contribution in [0.5, 0.6) is 17.2 Å². The molecule has 1 rings (SSSR count). The van der Waals surface area contributed by atoms with Crippen LogP contribution in [0, 0.1) is 12.3 Å². The fourth-order valence-corrected chi connectivity index (χ4v) is 1.99. The average Bonchev–Trinajstić information content (AvgIpc) is 2.51. The van der Waals surface area contributed by atoms with Gasteiger partial charge in [0.2, 0.25) is 5.75 Å². The maximum atomic E-state index is 6.01. The summed E-state index contributed by atoms with van der Waals surface area (Å²) in [5.74, 6) is 4.53. The first-order valence-electron chi connectivity index (χ1n) is 7.22. The van der Waals surface area contributed by atoms with E-state index < -0.39 is 0 Å². The van der Waals surface area contributed by atoms with Crippen molar-refractivity contribution >= 4 is 0 Å². The van der Waals surface area contributed by atoms with Crippen LogP contribution in [0.4, 0.5) is 0 Å². The van der Waals surface area contributed by atoms with E-state index in [-0.39, 0.29) is 6.04 Å². The van der Waals surface area contributed by atoms with Gasteiger partial charge in [0, 0.05) is 12.5 Å². The van der Waals surface area contributed by atoms with Crippen molar-refractivity contribution in [3.63, 3.8) is 0 Å². The van der Waals surface area contributed by atoms with Crippen LogP contribution in [-0.4, -0.2) is 26.9 Å². The van der Waals surface area contributed by atoms with Crippen LogP contribution >= 0.6 is 0 Å². The Kier molecular flexibility index (Phi) is 7.49. The second-order valence-electron chi connectivity index (χ2n) is 4.86. The predicted octanol–water partition coefficient (Wildman–Crippen LogP) is 2.78. The maximum absolute atomic E-state index is 6.01. The summed E-state index contributed by atoms with van der Waals surface area (Å²) in [5.41, 5.74) is 7.09. The molecule has 0 spiro atoms. The van der Waals surface area contributed by atoms with E-state index in [1.165, 1.54) is 0 Å². The topological polar surface area (TPSA) is 53.7 Å². The normalized spacial score (nSPS) is 11.6. The summed E-state index contributed by atoms with van der Waals surface area (Å²) in [6.45, 7) is 2.60. The lowest BCUT2D eigenvalue weighted by Gasteiger charge is -2.17. The van der Waals surface area contributed by atoms with Gasteiger partial charge in [0.05, 0.1) is 20.8 Å². The number of rotatable bonds is 9. The van der Waals surface area contributed by atoms with Crippen LogP contribution in [-0.2, 0) is 6.42 Å². The minimum atomic E-state index is 0.127. The summed E-state index contributed by atoms with van der Waals surface area (Å²) in [5, 5.41) is 0. The third kappa shape index (κ3) is 5.20. The van der Waals surface area contributed by atoms with Gasteiger partial charge < -0.3 is 19.9 Å². The molecule has 2 N–H and O–H groups in total. The van der Waals surface area contributed by atoms with Crippen molar-refractivity contribution in [1.82, 2.24) is 0 Å². The van der Waals surface area contributed by atoms with Gasteiger partial charge in [0.15, 0.2) is 11.5 Å². The average molecular weight is 291 g/mol. The van der Waals surface area contributed by atoms with Crippen molar-refractivity contribution in [2.24, 2.45) is 5.73 Å². The molecule has 21 heavy (non-hydrogen) atoms. The van der Waals surface area contributed by atoms with Crippen molar-refractivity contribution in [3.05, 3.63) is 17.7 Å². The monoisotopic (exact) mass is 291 g/mol. The molecule has 0 heterocycles. The summed E-state index contributed by atoms with van der Waals surface area (Å²) < 4.78 is 16.6. The lowest BCUT2D eigenvalue weighted by molar-refractivity contribution is 0.271. The highest BCUT2D eigenvalue weighted by Gasteiger charge is 2.15. The van der Waals surface area contributed by atoms with Gasteiger partial charge in [-0.15, -0.1) is 12.3 Å². The van der Waals surface area contributed by atoms with E-state index in [1.807, 2.05) is 12.1 Å². The largest absolute Gasteiger partial charge is 0.493 e. The van der Waals surface area contributed by atoms with Gasteiger partial charge in [-0.3, -0.25) is 0 Å². The third-order valence-electron chi connectivity index (χ3n) is 3.25. The minimum Gasteiger partial charge on any atom is -0.493 e. The molecule has 0 aliphatic carbocycles. The molecule has 116 valence electrons. The van der Waals surface area contributed by atoms with Gasteiger partial charge >= 0.3 is 0 Å². The van der Waals surface area contributed by atoms with Crippen LogP contribution in [0.3, 0.4) is 0 Å². The highest BCUT2D eigenvalue weighted by molar-refractivity contribution is 5.54. The van der Waals surface area contributed by atoms with Crippen LogP contribution < -0.4 is 19.9 Å². The van der Waals surface area contributed by atoms with E-state index in [0.29, 0.717) is 30.3 Å². The first-order chi connectivity index (χ1) is 10.2. The van der Waals surface area contributed by atoms with Gasteiger partial charge in [-0.2, -0.15) is 0 Å². The number of nitrogens with two attached hydrogens (primary N) is 1. The summed E-state index contributed by atoms with van der Waals surface area (Å²) in [6, 6.07) is 4.03. The molecule has 1 aromatic rings. The SMILES string of the molecule is C#CCCCOc1c(OC)cc(CC(N)CC)cc1OC. The number of methoxy groups -OCH3 is 2. The molecule has 0 radical (unpaired) electrons. The van der Waals surface area contributed by atoms with Gasteiger partial charge in [0.1, 0.15) is 0 Å². The Hall–Kier alpha value is -1.86. The van der Waals surface area contributed by atoms with Gasteiger partial charge in [0.25, 0.3) is 0 Å². The minimum absolute atomic E-state index is 0.127. The molecule has 0 saturated heterocycles. The molecule has 0 aliphatic rings. The molecular formula is C17H25NO3. The zero-order valence-corrected chi connectivity index (χ0v) is 13.1. The highest BCUT2D eigenvalue weighted by atomic mass is 16.5. The highest BCUT2D eigenvalue weighted by Crippen LogP contribution is 2.39. The Morgan fingerprint density at radius 1 is 1.24 bits per heavy atom. The predicted molar refractivity (Wildman–Crippen MR) is 85.1 cm³/mol. The zero-order chi connectivity index (χ0) is 15.7. The molecule has 0 fully saturated rings. The second kappa shape index (κ2) is 9.15. The third-order valence-corrected chi connectivity index (χ3v) is 3.25. The zero-order valence-electron chi connectivity index (χ0n) is 13.1. The van der Waals surface area contributed by atoms with Crippen molar-refractivity contribution < 1.29 is 14.2 Å². The van der Waals surface area contributed by atoms with E-state index >= 15 is 0 Å². The number of hydrogen-bond donors (Lipinski definition) is 1. The molecule has 1 atom stereocenters. The van der Waals surface area contributed by atoms with Crippen molar-refractivity contribution in [2.45, 2.75) is 38.6 Å². The maximum Gasteiger partial charge on any atom is 0.203 e. The van der Waals surface area contributed by atoms with E-state index in [4.69, 9.17) is 26.4 Å². The molecule has 1 unspecified atom stereocenters. The van der Waals surface area contributed by atoms with E-state index in [2.05, 4.69) is 12.8 Å². The van der Waals surface area contributed by atoms with Crippen molar-refractivity contribution in [2.75, 3.05) is 20.8 Å². The van der Waals surface area contributed by atoms with Gasteiger partial charge in [-0.05, 0) is 37.0 Å². The molecular weight excluding hydrogens is 266 g/mol. The first-order valence-corrected chi connectivity index (χ1v) is 7.22. The molecule has 0 aliphatic heterocycles. The molecule has 0 aromatic heterocycles. The molecule has 0 amide bonds. The van der Waals surface area contributed by atoms with Crippen LogP contribution in [0.1, 0.15) is 31.7 Å². The fourth-order valence-electron chi connectivity index (χ4n) is 1.99. The van der Waals surface area contributed by atoms with Crippen LogP contribution in [0.25, 0.3) is 0 Å². The summed E-state index contributed by atoms with van der Waals surface area (Å²) in [7, 11) is 3.24. The molecule has 4 nitrogen and oxygen atoms in total. The lowest BCUT2D eigenvalue weighted by atomic mass is 10.0. The van der Waals surface area contributed by atoms with Crippen molar-refractivity contribution in [1.29, 1.82) is 0 Å². The summed E-state index contributed by atoms with van der Waals surface area (Å²) in [4.78, 5) is 0.